The van der Waals surface area contributed by atoms with Crippen LogP contribution in [-0.4, -0.2) is 46.6 Å². The average molecular weight is 347 g/mol. The Kier molecular flexibility index (Phi) is 5.21. The monoisotopic (exact) mass is 347 g/mol. The van der Waals surface area contributed by atoms with Crippen molar-refractivity contribution in [2.75, 3.05) is 19.6 Å². The molecule has 1 aliphatic rings. The fourth-order valence-electron chi connectivity index (χ4n) is 3.40. The fraction of sp³-hybridized carbons (Fsp3) is 0.444. The molecule has 25 heavy (non-hydrogen) atoms. The maximum atomic E-state index is 13.3. The van der Waals surface area contributed by atoms with E-state index in [-0.39, 0.29) is 18.3 Å². The summed E-state index contributed by atoms with van der Waals surface area (Å²) in [5, 5.41) is 12.4. The van der Waals surface area contributed by atoms with Crippen LogP contribution in [0.2, 0.25) is 0 Å². The van der Waals surface area contributed by atoms with Gasteiger partial charge in [0.05, 0.1) is 0 Å². The minimum atomic E-state index is -0.853. The zero-order valence-electron chi connectivity index (χ0n) is 13.9. The van der Waals surface area contributed by atoms with Gasteiger partial charge in [0.2, 0.25) is 0 Å². The number of carboxylic acid groups (broad SMARTS) is 1. The van der Waals surface area contributed by atoms with Gasteiger partial charge in [-0.25, -0.2) is 9.18 Å². The molecule has 7 heteroatoms. The number of fused-ring (bicyclic) bond motifs is 1. The zero-order valence-corrected chi connectivity index (χ0v) is 13.9. The number of urea groups is 1. The number of carboxylic acids is 1. The summed E-state index contributed by atoms with van der Waals surface area (Å²) in [5.41, 5.74) is 1.98. The Bertz CT molecular complexity index is 766. The summed E-state index contributed by atoms with van der Waals surface area (Å²) < 4.78 is 13.3. The van der Waals surface area contributed by atoms with Crippen LogP contribution in [-0.2, 0) is 4.79 Å². The molecule has 2 heterocycles. The topological polar surface area (TPSA) is 85.4 Å². The van der Waals surface area contributed by atoms with Crippen molar-refractivity contribution in [3.8, 4) is 0 Å². The lowest BCUT2D eigenvalue weighted by atomic mass is 9.89. The maximum Gasteiger partial charge on any atom is 0.317 e. The molecule has 1 aromatic carbocycles. The van der Waals surface area contributed by atoms with Crippen LogP contribution in [0.15, 0.2) is 24.4 Å². The molecule has 0 spiro atoms. The SMILES string of the molecule is O=C(O)CCCNC(=O)N1CCC(c2c[nH]c3cc(F)ccc23)CC1. The van der Waals surface area contributed by atoms with Crippen molar-refractivity contribution in [2.45, 2.75) is 31.6 Å². The number of carbonyl (C=O) groups is 2. The second-order valence-electron chi connectivity index (χ2n) is 6.42. The number of carbonyl (C=O) groups excluding carboxylic acids is 1. The molecule has 1 aliphatic heterocycles. The Morgan fingerprint density at radius 1 is 1.32 bits per heavy atom. The summed E-state index contributed by atoms with van der Waals surface area (Å²) in [6.07, 6.45) is 4.14. The number of piperidine rings is 1. The van der Waals surface area contributed by atoms with E-state index in [0.29, 0.717) is 32.0 Å². The number of rotatable bonds is 5. The van der Waals surface area contributed by atoms with Crippen molar-refractivity contribution in [3.63, 3.8) is 0 Å². The Morgan fingerprint density at radius 3 is 2.80 bits per heavy atom. The Balaban J connectivity index is 1.52. The molecule has 0 aliphatic carbocycles. The molecule has 1 saturated heterocycles. The molecular weight excluding hydrogens is 325 g/mol. The van der Waals surface area contributed by atoms with Crippen molar-refractivity contribution in [3.05, 3.63) is 35.8 Å². The minimum Gasteiger partial charge on any atom is -0.481 e. The van der Waals surface area contributed by atoms with Gasteiger partial charge in [-0.3, -0.25) is 4.79 Å². The van der Waals surface area contributed by atoms with Crippen LogP contribution < -0.4 is 5.32 Å². The minimum absolute atomic E-state index is 0.0590. The molecule has 0 atom stereocenters. The van der Waals surface area contributed by atoms with E-state index in [1.807, 2.05) is 6.20 Å². The van der Waals surface area contributed by atoms with E-state index in [9.17, 15) is 14.0 Å². The number of halogens is 1. The van der Waals surface area contributed by atoms with Crippen LogP contribution in [0.3, 0.4) is 0 Å². The van der Waals surface area contributed by atoms with Gasteiger partial charge < -0.3 is 20.3 Å². The number of benzene rings is 1. The highest BCUT2D eigenvalue weighted by Crippen LogP contribution is 2.33. The van der Waals surface area contributed by atoms with Crippen LogP contribution in [0, 0.1) is 5.82 Å². The highest BCUT2D eigenvalue weighted by Gasteiger charge is 2.25. The molecule has 2 aromatic rings. The third-order valence-electron chi connectivity index (χ3n) is 4.74. The molecule has 0 radical (unpaired) electrons. The molecule has 134 valence electrons. The molecule has 2 amide bonds. The lowest BCUT2D eigenvalue weighted by Gasteiger charge is -2.32. The largest absolute Gasteiger partial charge is 0.481 e. The number of nitrogens with zero attached hydrogens (tertiary/aromatic N) is 1. The van der Waals surface area contributed by atoms with E-state index in [0.717, 1.165) is 23.7 Å². The van der Waals surface area contributed by atoms with Gasteiger partial charge >= 0.3 is 12.0 Å². The second-order valence-corrected chi connectivity index (χ2v) is 6.42. The lowest BCUT2D eigenvalue weighted by Crippen LogP contribution is -2.44. The average Bonchev–Trinajstić information content (AvgIpc) is 3.01. The van der Waals surface area contributed by atoms with Gasteiger partial charge in [0.15, 0.2) is 0 Å². The number of aromatic nitrogens is 1. The number of aromatic amines is 1. The highest BCUT2D eigenvalue weighted by atomic mass is 19.1. The van der Waals surface area contributed by atoms with E-state index in [1.165, 1.54) is 17.7 Å². The summed E-state index contributed by atoms with van der Waals surface area (Å²) in [5.74, 6) is -0.765. The van der Waals surface area contributed by atoms with Gasteiger partial charge in [-0.05, 0) is 48.9 Å². The number of H-pyrrole nitrogens is 1. The number of hydrogen-bond acceptors (Lipinski definition) is 2. The van der Waals surface area contributed by atoms with Gasteiger partial charge in [-0.2, -0.15) is 0 Å². The zero-order chi connectivity index (χ0) is 17.8. The van der Waals surface area contributed by atoms with E-state index < -0.39 is 5.97 Å². The second kappa shape index (κ2) is 7.55. The molecule has 1 fully saturated rings. The summed E-state index contributed by atoms with van der Waals surface area (Å²) in [6, 6.07) is 4.64. The molecular formula is C18H22FN3O3. The first-order valence-corrected chi connectivity index (χ1v) is 8.55. The quantitative estimate of drug-likeness (QED) is 0.727. The number of amides is 2. The van der Waals surface area contributed by atoms with Crippen molar-refractivity contribution in [1.29, 1.82) is 0 Å². The number of likely N-dealkylation sites (tertiary alicyclic amines) is 1. The summed E-state index contributed by atoms with van der Waals surface area (Å²) >= 11 is 0. The Hall–Kier alpha value is -2.57. The van der Waals surface area contributed by atoms with Crippen LogP contribution in [0.4, 0.5) is 9.18 Å². The normalized spacial score (nSPS) is 15.5. The first-order valence-electron chi connectivity index (χ1n) is 8.55. The van der Waals surface area contributed by atoms with Gasteiger partial charge in [-0.1, -0.05) is 0 Å². The van der Waals surface area contributed by atoms with E-state index in [1.54, 1.807) is 11.0 Å². The van der Waals surface area contributed by atoms with Crippen molar-refractivity contribution < 1.29 is 19.1 Å². The van der Waals surface area contributed by atoms with Crippen molar-refractivity contribution in [2.24, 2.45) is 0 Å². The third kappa shape index (κ3) is 4.10. The van der Waals surface area contributed by atoms with Crippen LogP contribution in [0.5, 0.6) is 0 Å². The number of hydrogen-bond donors (Lipinski definition) is 3. The molecule has 3 N–H and O–H groups in total. The highest BCUT2D eigenvalue weighted by molar-refractivity contribution is 5.83. The summed E-state index contributed by atoms with van der Waals surface area (Å²) in [6.45, 7) is 1.69. The smallest absolute Gasteiger partial charge is 0.317 e. The lowest BCUT2D eigenvalue weighted by molar-refractivity contribution is -0.137. The Morgan fingerprint density at radius 2 is 2.08 bits per heavy atom. The van der Waals surface area contributed by atoms with Crippen molar-refractivity contribution in [1.82, 2.24) is 15.2 Å². The molecule has 0 saturated carbocycles. The van der Waals surface area contributed by atoms with Gasteiger partial charge in [0, 0.05) is 43.2 Å². The standard InChI is InChI=1S/C18H22FN3O3/c19-13-3-4-14-15(11-21-16(14)10-13)12-5-8-22(9-6-12)18(25)20-7-1-2-17(23)24/h3-4,10-12,21H,1-2,5-9H2,(H,20,25)(H,23,24). The maximum absolute atomic E-state index is 13.3. The van der Waals surface area contributed by atoms with Crippen LogP contribution >= 0.6 is 0 Å². The van der Waals surface area contributed by atoms with E-state index in [4.69, 9.17) is 5.11 Å². The van der Waals surface area contributed by atoms with Crippen LogP contribution in [0.25, 0.3) is 10.9 Å². The predicted molar refractivity (Wildman–Crippen MR) is 92.1 cm³/mol. The fourth-order valence-corrected chi connectivity index (χ4v) is 3.40. The molecule has 1 aromatic heterocycles. The number of aliphatic carboxylic acids is 1. The third-order valence-corrected chi connectivity index (χ3v) is 4.74. The van der Waals surface area contributed by atoms with Crippen molar-refractivity contribution >= 4 is 22.9 Å². The Labute approximate surface area is 145 Å². The first-order chi connectivity index (χ1) is 12.0. The van der Waals surface area contributed by atoms with Crippen LogP contribution in [0.1, 0.15) is 37.2 Å². The first kappa shape index (κ1) is 17.3. The molecule has 3 rings (SSSR count). The van der Waals surface area contributed by atoms with E-state index >= 15 is 0 Å². The van der Waals surface area contributed by atoms with E-state index in [2.05, 4.69) is 10.3 Å². The molecule has 0 bridgehead atoms. The summed E-state index contributed by atoms with van der Waals surface area (Å²) in [7, 11) is 0. The van der Waals surface area contributed by atoms with Gasteiger partial charge in [-0.15, -0.1) is 0 Å². The molecule has 6 nitrogen and oxygen atoms in total. The number of nitrogens with one attached hydrogen (secondary N) is 2. The molecule has 0 unspecified atom stereocenters. The summed E-state index contributed by atoms with van der Waals surface area (Å²) in [4.78, 5) is 27.5. The predicted octanol–water partition coefficient (Wildman–Crippen LogP) is 3.06. The van der Waals surface area contributed by atoms with Gasteiger partial charge in [0.25, 0.3) is 0 Å². The van der Waals surface area contributed by atoms with Gasteiger partial charge in [0.1, 0.15) is 5.82 Å².